The summed E-state index contributed by atoms with van der Waals surface area (Å²) in [6, 6.07) is 4.63. The number of hydrogen-bond donors (Lipinski definition) is 2. The van der Waals surface area contributed by atoms with Crippen LogP contribution in [0.1, 0.15) is 28.7 Å². The van der Waals surface area contributed by atoms with Gasteiger partial charge in [-0.2, -0.15) is 18.4 Å². The maximum Gasteiger partial charge on any atom is 0.417 e. The third kappa shape index (κ3) is 5.44. The lowest BCUT2D eigenvalue weighted by atomic mass is 10.0. The number of nitrogens with one attached hydrogen (secondary N) is 2. The van der Waals surface area contributed by atoms with Gasteiger partial charge in [0.1, 0.15) is 11.9 Å². The Morgan fingerprint density at radius 3 is 2.54 bits per heavy atom. The molecule has 13 heteroatoms. The minimum Gasteiger partial charge on any atom is -0.367 e. The van der Waals surface area contributed by atoms with Gasteiger partial charge in [-0.05, 0) is 26.1 Å². The topological polar surface area (TPSA) is 118 Å². The van der Waals surface area contributed by atoms with Crippen LogP contribution in [0.3, 0.4) is 0 Å². The van der Waals surface area contributed by atoms with Crippen LogP contribution in [0.25, 0.3) is 11.1 Å². The van der Waals surface area contributed by atoms with E-state index in [1.54, 1.807) is 6.07 Å². The number of likely N-dealkylation sites (N-methyl/N-ethyl adjacent to an activating group) is 1. The Morgan fingerprint density at radius 1 is 1.22 bits per heavy atom. The number of amides is 1. The molecule has 3 aromatic rings. The second-order valence-electron chi connectivity index (χ2n) is 8.61. The van der Waals surface area contributed by atoms with E-state index in [2.05, 4.69) is 25.2 Å². The van der Waals surface area contributed by atoms with Crippen LogP contribution >= 0.6 is 0 Å². The Morgan fingerprint density at radius 2 is 1.92 bits per heavy atom. The van der Waals surface area contributed by atoms with Crippen molar-refractivity contribution in [1.29, 1.82) is 5.26 Å². The fourth-order valence-corrected chi connectivity index (χ4v) is 4.02. The zero-order valence-electron chi connectivity index (χ0n) is 19.7. The fourth-order valence-electron chi connectivity index (χ4n) is 4.02. The quantitative estimate of drug-likeness (QED) is 0.512. The van der Waals surface area contributed by atoms with E-state index >= 15 is 4.39 Å². The number of piperazine rings is 1. The second kappa shape index (κ2) is 9.98. The minimum absolute atomic E-state index is 0.0248. The van der Waals surface area contributed by atoms with Crippen molar-refractivity contribution in [3.8, 4) is 17.2 Å². The summed E-state index contributed by atoms with van der Waals surface area (Å²) >= 11 is 0. The number of alkyl halides is 3. The lowest BCUT2D eigenvalue weighted by Gasteiger charge is -2.39. The predicted octanol–water partition coefficient (Wildman–Crippen LogP) is 3.25. The molecule has 9 nitrogen and oxygen atoms in total. The normalized spacial score (nSPS) is 16.4. The number of benzene rings is 1. The summed E-state index contributed by atoms with van der Waals surface area (Å²) in [7, 11) is 1.94. The molecule has 1 fully saturated rings. The highest BCUT2D eigenvalue weighted by atomic mass is 19.4. The van der Waals surface area contributed by atoms with Gasteiger partial charge in [0.15, 0.2) is 0 Å². The molecule has 1 aromatic carbocycles. The first-order valence-electron chi connectivity index (χ1n) is 11.1. The molecule has 1 amide bonds. The van der Waals surface area contributed by atoms with Crippen molar-refractivity contribution in [3.05, 3.63) is 69.9 Å². The fraction of sp³-hybridized carbons (Fsp3) is 0.292. The van der Waals surface area contributed by atoms with Gasteiger partial charge < -0.3 is 20.1 Å². The smallest absolute Gasteiger partial charge is 0.367 e. The number of nitriles is 1. The Labute approximate surface area is 208 Å². The average molecular weight is 515 g/mol. The van der Waals surface area contributed by atoms with Crippen molar-refractivity contribution >= 4 is 17.3 Å². The maximum absolute atomic E-state index is 15.3. The van der Waals surface area contributed by atoms with Gasteiger partial charge in [0, 0.05) is 61.5 Å². The first-order chi connectivity index (χ1) is 17.5. The highest BCUT2D eigenvalue weighted by molar-refractivity contribution is 6.07. The van der Waals surface area contributed by atoms with Crippen LogP contribution in [0.5, 0.6) is 0 Å². The van der Waals surface area contributed by atoms with Crippen molar-refractivity contribution in [2.45, 2.75) is 19.1 Å². The molecule has 2 aromatic heterocycles. The highest BCUT2D eigenvalue weighted by Gasteiger charge is 2.36. The number of pyridine rings is 1. The molecule has 0 aliphatic carbocycles. The standard InChI is InChI=1S/C24H21F4N7O2/c1-13-12-35(4-3-34(13)2)20-7-18(25)15(14-9-30-21(8-29)31-10-14)5-19(20)33-23(37)16-11-32-22(36)6-17(16)24(26,27)28/h5-7,9-11,13H,3-4,12H2,1-2H3,(H,32,36)(H,33,37)/t13-/m0/s1. The summed E-state index contributed by atoms with van der Waals surface area (Å²) in [5.74, 6) is -1.94. The Balaban J connectivity index is 1.80. The minimum atomic E-state index is -4.95. The number of rotatable bonds is 4. The summed E-state index contributed by atoms with van der Waals surface area (Å²) in [5.41, 5.74) is -2.69. The van der Waals surface area contributed by atoms with Crippen LogP contribution in [0.15, 0.2) is 41.6 Å². The van der Waals surface area contributed by atoms with Gasteiger partial charge >= 0.3 is 6.18 Å². The molecule has 2 N–H and O–H groups in total. The van der Waals surface area contributed by atoms with E-state index in [1.165, 1.54) is 24.5 Å². The number of halogens is 4. The van der Waals surface area contributed by atoms with E-state index in [1.807, 2.05) is 18.9 Å². The van der Waals surface area contributed by atoms with Crippen molar-refractivity contribution in [3.63, 3.8) is 0 Å². The number of nitrogens with zero attached hydrogens (tertiary/aromatic N) is 5. The number of anilines is 2. The summed E-state index contributed by atoms with van der Waals surface area (Å²) < 4.78 is 55.9. The van der Waals surface area contributed by atoms with Gasteiger partial charge in [-0.3, -0.25) is 9.59 Å². The third-order valence-corrected chi connectivity index (χ3v) is 6.17. The van der Waals surface area contributed by atoms with Crippen molar-refractivity contribution < 1.29 is 22.4 Å². The summed E-state index contributed by atoms with van der Waals surface area (Å²) in [6.07, 6.45) is -1.80. The summed E-state index contributed by atoms with van der Waals surface area (Å²) in [5, 5.41) is 11.4. The van der Waals surface area contributed by atoms with Gasteiger partial charge in [-0.1, -0.05) is 0 Å². The van der Waals surface area contributed by atoms with Gasteiger partial charge in [0.2, 0.25) is 11.4 Å². The first kappa shape index (κ1) is 25.8. The molecule has 1 aliphatic heterocycles. The van der Waals surface area contributed by atoms with Crippen LogP contribution in [-0.4, -0.2) is 58.5 Å². The largest absolute Gasteiger partial charge is 0.417 e. The molecule has 0 saturated carbocycles. The van der Waals surface area contributed by atoms with Crippen LogP contribution in [0, 0.1) is 17.1 Å². The van der Waals surface area contributed by atoms with Crippen LogP contribution in [0.2, 0.25) is 0 Å². The highest BCUT2D eigenvalue weighted by Crippen LogP contribution is 2.36. The van der Waals surface area contributed by atoms with Gasteiger partial charge in [-0.25, -0.2) is 14.4 Å². The number of aromatic amines is 1. The molecule has 1 saturated heterocycles. The molecule has 192 valence electrons. The number of H-pyrrole nitrogens is 1. The molecule has 1 aliphatic rings. The first-order valence-corrected chi connectivity index (χ1v) is 11.1. The van der Waals surface area contributed by atoms with Crippen LogP contribution < -0.4 is 15.8 Å². The zero-order chi connectivity index (χ0) is 26.9. The molecule has 4 rings (SSSR count). The number of carbonyl (C=O) groups excluding carboxylic acids is 1. The predicted molar refractivity (Wildman–Crippen MR) is 126 cm³/mol. The molecular weight excluding hydrogens is 494 g/mol. The molecular formula is C24H21F4N7O2. The Kier molecular flexibility index (Phi) is 6.95. The number of aromatic nitrogens is 3. The lowest BCUT2D eigenvalue weighted by Crippen LogP contribution is -2.50. The van der Waals surface area contributed by atoms with E-state index in [4.69, 9.17) is 5.26 Å². The van der Waals surface area contributed by atoms with Crippen molar-refractivity contribution in [2.24, 2.45) is 0 Å². The molecule has 1 atom stereocenters. The van der Waals surface area contributed by atoms with Crippen LogP contribution in [-0.2, 0) is 6.18 Å². The van der Waals surface area contributed by atoms with Gasteiger partial charge in [0.25, 0.3) is 5.91 Å². The van der Waals surface area contributed by atoms with E-state index in [9.17, 15) is 22.8 Å². The van der Waals surface area contributed by atoms with Gasteiger partial charge in [-0.15, -0.1) is 0 Å². The van der Waals surface area contributed by atoms with E-state index in [0.29, 0.717) is 31.9 Å². The van der Waals surface area contributed by atoms with Crippen LogP contribution in [0.4, 0.5) is 28.9 Å². The van der Waals surface area contributed by atoms with E-state index < -0.39 is 34.6 Å². The zero-order valence-corrected chi connectivity index (χ0v) is 19.7. The lowest BCUT2D eigenvalue weighted by molar-refractivity contribution is -0.138. The molecule has 0 bridgehead atoms. The summed E-state index contributed by atoms with van der Waals surface area (Å²) in [4.78, 5) is 38.2. The number of carbonyl (C=O) groups is 1. The molecule has 37 heavy (non-hydrogen) atoms. The van der Waals surface area contributed by atoms with E-state index in [0.717, 1.165) is 0 Å². The monoisotopic (exact) mass is 515 g/mol. The molecule has 0 radical (unpaired) electrons. The SMILES string of the molecule is C[C@H]1CN(c2cc(F)c(-c3cnc(C#N)nc3)cc2NC(=O)c2c[nH]c(=O)cc2C(F)(F)F)CCN1C. The van der Waals surface area contributed by atoms with Crippen molar-refractivity contribution in [1.82, 2.24) is 19.9 Å². The number of hydrogen-bond acceptors (Lipinski definition) is 7. The third-order valence-electron chi connectivity index (χ3n) is 6.17. The van der Waals surface area contributed by atoms with E-state index in [-0.39, 0.29) is 34.4 Å². The molecule has 0 unspecified atom stereocenters. The molecule has 3 heterocycles. The Bertz CT molecular complexity index is 1430. The summed E-state index contributed by atoms with van der Waals surface area (Å²) in [6.45, 7) is 3.57. The maximum atomic E-state index is 15.3. The second-order valence-corrected chi connectivity index (χ2v) is 8.61. The average Bonchev–Trinajstić information content (AvgIpc) is 2.86. The van der Waals surface area contributed by atoms with Crippen molar-refractivity contribution in [2.75, 3.05) is 36.9 Å². The van der Waals surface area contributed by atoms with Gasteiger partial charge in [0.05, 0.1) is 22.5 Å². The Hall–Kier alpha value is -4.31. The molecule has 0 spiro atoms.